The van der Waals surface area contributed by atoms with Crippen LogP contribution in [0.5, 0.6) is 0 Å². The van der Waals surface area contributed by atoms with E-state index < -0.39 is 0 Å². The summed E-state index contributed by atoms with van der Waals surface area (Å²) in [5, 5.41) is 0. The standard InChI is InChI=1S/C20H28N2O4/c1-3-19-9-23-13-21(19)17(25-11-19)15-5-7-16(8-6-15)18-22-14-24-10-20(22,4-2)12-26-18/h5-8,17-18H,3-4,9-14H2,1-2H3/t17-,18-,19+,20+/m1/s1. The topological polar surface area (TPSA) is 43.4 Å². The van der Waals surface area contributed by atoms with Gasteiger partial charge in [-0.3, -0.25) is 0 Å². The van der Waals surface area contributed by atoms with Crippen molar-refractivity contribution in [3.63, 3.8) is 0 Å². The van der Waals surface area contributed by atoms with Crippen LogP contribution in [0.1, 0.15) is 50.3 Å². The minimum Gasteiger partial charge on any atom is -0.364 e. The molecule has 4 heterocycles. The minimum absolute atomic E-state index is 0.0131. The Morgan fingerprint density at radius 1 is 0.769 bits per heavy atom. The molecule has 0 unspecified atom stereocenters. The first-order valence-corrected chi connectivity index (χ1v) is 9.73. The Morgan fingerprint density at radius 3 is 1.58 bits per heavy atom. The summed E-state index contributed by atoms with van der Waals surface area (Å²) in [7, 11) is 0. The molecular formula is C20H28N2O4. The van der Waals surface area contributed by atoms with Crippen molar-refractivity contribution in [3.8, 4) is 0 Å². The van der Waals surface area contributed by atoms with Gasteiger partial charge in [-0.25, -0.2) is 9.80 Å². The maximum Gasteiger partial charge on any atom is 0.139 e. The molecule has 5 rings (SSSR count). The first kappa shape index (κ1) is 17.1. The van der Waals surface area contributed by atoms with Gasteiger partial charge in [-0.2, -0.15) is 0 Å². The van der Waals surface area contributed by atoms with Gasteiger partial charge in [0.1, 0.15) is 25.9 Å². The summed E-state index contributed by atoms with van der Waals surface area (Å²) in [5.74, 6) is 0. The van der Waals surface area contributed by atoms with Gasteiger partial charge in [0.25, 0.3) is 0 Å². The molecule has 26 heavy (non-hydrogen) atoms. The second-order valence-electron chi connectivity index (χ2n) is 8.04. The summed E-state index contributed by atoms with van der Waals surface area (Å²) >= 11 is 0. The lowest BCUT2D eigenvalue weighted by Gasteiger charge is -2.30. The summed E-state index contributed by atoms with van der Waals surface area (Å²) < 4.78 is 23.8. The fourth-order valence-electron chi connectivity index (χ4n) is 4.83. The maximum absolute atomic E-state index is 6.15. The van der Waals surface area contributed by atoms with Crippen LogP contribution in [0.3, 0.4) is 0 Å². The highest BCUT2D eigenvalue weighted by atomic mass is 16.6. The molecule has 0 bridgehead atoms. The zero-order chi connectivity index (χ0) is 17.8. The summed E-state index contributed by atoms with van der Waals surface area (Å²) in [6, 6.07) is 8.71. The predicted octanol–water partition coefficient (Wildman–Crippen LogP) is 2.62. The molecule has 0 amide bonds. The smallest absolute Gasteiger partial charge is 0.139 e. The maximum atomic E-state index is 6.15. The van der Waals surface area contributed by atoms with Crippen LogP contribution in [0.15, 0.2) is 24.3 Å². The quantitative estimate of drug-likeness (QED) is 0.822. The molecule has 0 N–H and O–H groups in total. The predicted molar refractivity (Wildman–Crippen MR) is 95.2 cm³/mol. The van der Waals surface area contributed by atoms with E-state index >= 15 is 0 Å². The van der Waals surface area contributed by atoms with Crippen LogP contribution in [-0.2, 0) is 18.9 Å². The molecule has 4 saturated heterocycles. The Hall–Kier alpha value is -1.02. The first-order valence-electron chi connectivity index (χ1n) is 9.73. The monoisotopic (exact) mass is 360 g/mol. The number of hydrogen-bond acceptors (Lipinski definition) is 6. The largest absolute Gasteiger partial charge is 0.364 e. The van der Waals surface area contributed by atoms with E-state index in [1.54, 1.807) is 0 Å². The molecule has 1 aromatic carbocycles. The van der Waals surface area contributed by atoms with Crippen molar-refractivity contribution in [1.29, 1.82) is 0 Å². The number of rotatable bonds is 4. The summed E-state index contributed by atoms with van der Waals surface area (Å²) in [6.07, 6.45) is 2.07. The highest BCUT2D eigenvalue weighted by Crippen LogP contribution is 2.44. The third-order valence-electron chi connectivity index (χ3n) is 6.83. The van der Waals surface area contributed by atoms with Crippen LogP contribution in [0, 0.1) is 0 Å². The van der Waals surface area contributed by atoms with Gasteiger partial charge in [-0.05, 0) is 24.0 Å². The fourth-order valence-corrected chi connectivity index (χ4v) is 4.83. The van der Waals surface area contributed by atoms with Gasteiger partial charge in [-0.1, -0.05) is 38.1 Å². The second-order valence-corrected chi connectivity index (χ2v) is 8.04. The number of benzene rings is 1. The van der Waals surface area contributed by atoms with E-state index in [0.717, 1.165) is 39.3 Å². The third-order valence-corrected chi connectivity index (χ3v) is 6.83. The molecule has 0 spiro atoms. The van der Waals surface area contributed by atoms with Crippen molar-refractivity contribution in [3.05, 3.63) is 35.4 Å². The fraction of sp³-hybridized carbons (Fsp3) is 0.700. The highest BCUT2D eigenvalue weighted by Gasteiger charge is 2.52. The Balaban J connectivity index is 1.36. The van der Waals surface area contributed by atoms with Crippen molar-refractivity contribution < 1.29 is 18.9 Å². The number of hydrogen-bond donors (Lipinski definition) is 0. The van der Waals surface area contributed by atoms with E-state index in [0.29, 0.717) is 13.5 Å². The van der Waals surface area contributed by atoms with Gasteiger partial charge in [0.2, 0.25) is 0 Å². The molecule has 142 valence electrons. The lowest BCUT2D eigenvalue weighted by Crippen LogP contribution is -2.43. The lowest BCUT2D eigenvalue weighted by molar-refractivity contribution is -0.00858. The Kier molecular flexibility index (Phi) is 4.12. The lowest BCUT2D eigenvalue weighted by atomic mass is 9.97. The molecule has 0 saturated carbocycles. The van der Waals surface area contributed by atoms with Crippen molar-refractivity contribution in [2.45, 2.75) is 50.2 Å². The van der Waals surface area contributed by atoms with E-state index in [1.165, 1.54) is 11.1 Å². The normalized spacial score (nSPS) is 40.2. The first-order chi connectivity index (χ1) is 12.7. The third kappa shape index (κ3) is 2.33. The van der Waals surface area contributed by atoms with Gasteiger partial charge in [0.05, 0.1) is 37.5 Å². The molecule has 0 aliphatic carbocycles. The van der Waals surface area contributed by atoms with E-state index in [9.17, 15) is 0 Å². The molecule has 1 aromatic rings. The summed E-state index contributed by atoms with van der Waals surface area (Å²) in [5.41, 5.74) is 2.47. The second kappa shape index (κ2) is 6.26. The molecule has 4 aliphatic heterocycles. The van der Waals surface area contributed by atoms with Crippen molar-refractivity contribution in [2.24, 2.45) is 0 Å². The van der Waals surface area contributed by atoms with Gasteiger partial charge in [-0.15, -0.1) is 0 Å². The van der Waals surface area contributed by atoms with Crippen LogP contribution < -0.4 is 0 Å². The molecule has 6 nitrogen and oxygen atoms in total. The molecule has 6 heteroatoms. The van der Waals surface area contributed by atoms with Crippen molar-refractivity contribution in [1.82, 2.24) is 9.80 Å². The van der Waals surface area contributed by atoms with E-state index in [-0.39, 0.29) is 23.5 Å². The molecule has 0 aromatic heterocycles. The minimum atomic E-state index is -0.0131. The van der Waals surface area contributed by atoms with Crippen LogP contribution >= 0.6 is 0 Å². The van der Waals surface area contributed by atoms with Gasteiger partial charge < -0.3 is 18.9 Å². The van der Waals surface area contributed by atoms with Crippen LogP contribution in [-0.4, -0.2) is 60.8 Å². The Labute approximate surface area is 154 Å². The summed E-state index contributed by atoms with van der Waals surface area (Å²) in [4.78, 5) is 4.73. The van der Waals surface area contributed by atoms with Crippen LogP contribution in [0.25, 0.3) is 0 Å². The average molecular weight is 360 g/mol. The highest BCUT2D eigenvalue weighted by molar-refractivity contribution is 5.28. The zero-order valence-electron chi connectivity index (χ0n) is 15.6. The number of ether oxygens (including phenoxy) is 4. The number of nitrogens with zero attached hydrogens (tertiary/aromatic N) is 2. The Bertz CT molecular complexity index is 611. The Morgan fingerprint density at radius 2 is 1.19 bits per heavy atom. The van der Waals surface area contributed by atoms with Crippen LogP contribution in [0.2, 0.25) is 0 Å². The van der Waals surface area contributed by atoms with E-state index in [1.807, 2.05) is 0 Å². The van der Waals surface area contributed by atoms with Gasteiger partial charge in [0, 0.05) is 0 Å². The molecular weight excluding hydrogens is 332 g/mol. The number of fused-ring (bicyclic) bond motifs is 2. The molecule has 4 aliphatic rings. The van der Waals surface area contributed by atoms with Crippen LogP contribution in [0.4, 0.5) is 0 Å². The van der Waals surface area contributed by atoms with E-state index in [4.69, 9.17) is 18.9 Å². The van der Waals surface area contributed by atoms with Crippen molar-refractivity contribution in [2.75, 3.05) is 39.9 Å². The summed E-state index contributed by atoms with van der Waals surface area (Å²) in [6.45, 7) is 8.74. The molecule has 4 atom stereocenters. The molecule has 4 fully saturated rings. The SMILES string of the molecule is CC[C@@]12COCN1[C@@H](c1ccc([C@H]3OC[C@]4(CC)COCN34)cc1)OC2. The van der Waals surface area contributed by atoms with Gasteiger partial charge in [0.15, 0.2) is 0 Å². The molecule has 0 radical (unpaired) electrons. The van der Waals surface area contributed by atoms with Gasteiger partial charge >= 0.3 is 0 Å². The average Bonchev–Trinajstić information content (AvgIpc) is 3.41. The zero-order valence-corrected chi connectivity index (χ0v) is 15.6. The van der Waals surface area contributed by atoms with Crippen molar-refractivity contribution >= 4 is 0 Å². The van der Waals surface area contributed by atoms with E-state index in [2.05, 4.69) is 47.9 Å².